The Balaban J connectivity index is 2.59. The second kappa shape index (κ2) is 4.57. The summed E-state index contributed by atoms with van der Waals surface area (Å²) in [5.74, 6) is -1.46. The quantitative estimate of drug-likeness (QED) is 0.660. The molecule has 0 aromatic rings. The van der Waals surface area contributed by atoms with Crippen molar-refractivity contribution < 1.29 is 19.6 Å². The first-order valence-electron chi connectivity index (χ1n) is 5.39. The van der Waals surface area contributed by atoms with Crippen molar-refractivity contribution in [1.29, 1.82) is 0 Å². The Bertz CT molecular complexity index is 141. The predicted molar refractivity (Wildman–Crippen MR) is 51.0 cm³/mol. The zero-order chi connectivity index (χ0) is 10.7. The molecule has 1 fully saturated rings. The molecule has 1 saturated heterocycles. The van der Waals surface area contributed by atoms with Gasteiger partial charge >= 0.3 is 0 Å². The highest BCUT2D eigenvalue weighted by molar-refractivity contribution is 4.68. The maximum atomic E-state index is 5.31. The van der Waals surface area contributed by atoms with Crippen LogP contribution in [-0.2, 0) is 19.6 Å². The minimum Gasteiger partial charge on any atom is -0.195 e. The van der Waals surface area contributed by atoms with Crippen molar-refractivity contribution in [1.82, 2.24) is 0 Å². The van der Waals surface area contributed by atoms with Crippen molar-refractivity contribution in [2.45, 2.75) is 65.0 Å². The summed E-state index contributed by atoms with van der Waals surface area (Å²) in [6.45, 7) is 7.89. The van der Waals surface area contributed by atoms with Crippen LogP contribution in [0.4, 0.5) is 0 Å². The summed E-state index contributed by atoms with van der Waals surface area (Å²) in [5, 5.41) is 0. The summed E-state index contributed by atoms with van der Waals surface area (Å²) < 4.78 is 0. The minimum absolute atomic E-state index is 0.701. The predicted octanol–water partition coefficient (Wildman–Crippen LogP) is 2.93. The molecule has 1 rings (SSSR count). The summed E-state index contributed by atoms with van der Waals surface area (Å²) in [7, 11) is 0. The van der Waals surface area contributed by atoms with Crippen LogP contribution < -0.4 is 0 Å². The van der Waals surface area contributed by atoms with Gasteiger partial charge in [0.2, 0.25) is 11.6 Å². The van der Waals surface area contributed by atoms with Gasteiger partial charge in [0.15, 0.2) is 0 Å². The first-order valence-corrected chi connectivity index (χ1v) is 5.39. The average molecular weight is 204 g/mol. The molecule has 0 atom stereocenters. The summed E-state index contributed by atoms with van der Waals surface area (Å²) in [6.07, 6.45) is 2.81. The molecular weight excluding hydrogens is 184 g/mol. The van der Waals surface area contributed by atoms with Crippen LogP contribution in [0.1, 0.15) is 53.4 Å². The van der Waals surface area contributed by atoms with E-state index in [1.165, 1.54) is 0 Å². The van der Waals surface area contributed by atoms with Gasteiger partial charge in [-0.15, -0.1) is 0 Å². The highest BCUT2D eigenvalue weighted by atomic mass is 17.4. The monoisotopic (exact) mass is 204 g/mol. The molecule has 4 heteroatoms. The molecule has 1 aliphatic rings. The van der Waals surface area contributed by atoms with Gasteiger partial charge in [-0.25, -0.2) is 0 Å². The van der Waals surface area contributed by atoms with Gasteiger partial charge in [0.05, 0.1) is 0 Å². The minimum atomic E-state index is -0.728. The first kappa shape index (κ1) is 11.9. The fraction of sp³-hybridized carbons (Fsp3) is 1.00. The highest BCUT2D eigenvalue weighted by Gasteiger charge is 2.45. The van der Waals surface area contributed by atoms with Crippen LogP contribution in [-0.4, -0.2) is 11.6 Å². The van der Waals surface area contributed by atoms with E-state index in [9.17, 15) is 0 Å². The topological polar surface area (TPSA) is 36.9 Å². The Morgan fingerprint density at radius 2 is 0.786 bits per heavy atom. The number of hydrogen-bond donors (Lipinski definition) is 0. The van der Waals surface area contributed by atoms with Crippen molar-refractivity contribution in [3.8, 4) is 0 Å². The van der Waals surface area contributed by atoms with E-state index in [0.29, 0.717) is 25.7 Å². The van der Waals surface area contributed by atoms with Crippen LogP contribution in [0.15, 0.2) is 0 Å². The van der Waals surface area contributed by atoms with E-state index in [0.717, 1.165) is 0 Å². The zero-order valence-corrected chi connectivity index (χ0v) is 9.46. The van der Waals surface area contributed by atoms with Gasteiger partial charge in [0.25, 0.3) is 0 Å². The SMILES string of the molecule is CCC1(CC)OOC(CC)(CC)OO1. The molecule has 1 aliphatic heterocycles. The molecule has 0 saturated carbocycles. The van der Waals surface area contributed by atoms with Crippen LogP contribution in [0.3, 0.4) is 0 Å². The van der Waals surface area contributed by atoms with Gasteiger partial charge in [-0.05, 0) is 0 Å². The first-order chi connectivity index (χ1) is 6.66. The number of hydrogen-bond acceptors (Lipinski definition) is 4. The van der Waals surface area contributed by atoms with Gasteiger partial charge in [0, 0.05) is 25.7 Å². The maximum absolute atomic E-state index is 5.31. The van der Waals surface area contributed by atoms with Crippen molar-refractivity contribution >= 4 is 0 Å². The fourth-order valence-electron chi connectivity index (χ4n) is 1.30. The molecule has 0 radical (unpaired) electrons. The van der Waals surface area contributed by atoms with Crippen molar-refractivity contribution in [2.75, 3.05) is 0 Å². The molecule has 1 heterocycles. The third-order valence-corrected chi connectivity index (χ3v) is 2.85. The van der Waals surface area contributed by atoms with Gasteiger partial charge in [-0.2, -0.15) is 19.6 Å². The van der Waals surface area contributed by atoms with E-state index in [4.69, 9.17) is 19.6 Å². The fourth-order valence-corrected chi connectivity index (χ4v) is 1.30. The molecule has 0 spiro atoms. The molecule has 4 nitrogen and oxygen atoms in total. The number of rotatable bonds is 4. The van der Waals surface area contributed by atoms with E-state index < -0.39 is 11.6 Å². The maximum Gasteiger partial charge on any atom is 0.233 e. The molecule has 14 heavy (non-hydrogen) atoms. The van der Waals surface area contributed by atoms with E-state index in [2.05, 4.69) is 0 Å². The molecule has 0 aliphatic carbocycles. The third kappa shape index (κ3) is 2.08. The van der Waals surface area contributed by atoms with Crippen LogP contribution in [0.2, 0.25) is 0 Å². The van der Waals surface area contributed by atoms with Crippen LogP contribution in [0.25, 0.3) is 0 Å². The molecule has 0 amide bonds. The lowest BCUT2D eigenvalue weighted by atomic mass is 10.1. The standard InChI is InChI=1S/C10H20O4/c1-5-9(6-2)11-13-10(7-3,8-4)14-12-9/h5-8H2,1-4H3. The lowest BCUT2D eigenvalue weighted by molar-refractivity contribution is -0.658. The van der Waals surface area contributed by atoms with E-state index in [1.807, 2.05) is 27.7 Å². The smallest absolute Gasteiger partial charge is 0.195 e. The lowest BCUT2D eigenvalue weighted by Gasteiger charge is -2.41. The normalized spacial score (nSPS) is 24.9. The molecule has 0 aromatic carbocycles. The molecule has 84 valence electrons. The second-order valence-electron chi connectivity index (χ2n) is 3.57. The molecule has 0 unspecified atom stereocenters. The molecule has 0 N–H and O–H groups in total. The summed E-state index contributed by atoms with van der Waals surface area (Å²) in [5.41, 5.74) is 0. The Kier molecular flexibility index (Phi) is 3.89. The van der Waals surface area contributed by atoms with Crippen LogP contribution in [0, 0.1) is 0 Å². The Hall–Kier alpha value is -0.160. The van der Waals surface area contributed by atoms with Crippen molar-refractivity contribution in [3.63, 3.8) is 0 Å². The summed E-state index contributed by atoms with van der Waals surface area (Å²) in [6, 6.07) is 0. The molecular formula is C10H20O4. The zero-order valence-electron chi connectivity index (χ0n) is 9.46. The Labute approximate surface area is 85.3 Å². The second-order valence-corrected chi connectivity index (χ2v) is 3.57. The molecule has 0 bridgehead atoms. The van der Waals surface area contributed by atoms with Crippen molar-refractivity contribution in [2.24, 2.45) is 0 Å². The molecule has 0 aromatic heterocycles. The van der Waals surface area contributed by atoms with E-state index >= 15 is 0 Å². The van der Waals surface area contributed by atoms with Gasteiger partial charge in [-0.1, -0.05) is 27.7 Å². The van der Waals surface area contributed by atoms with Crippen LogP contribution in [0.5, 0.6) is 0 Å². The Morgan fingerprint density at radius 3 is 0.929 bits per heavy atom. The van der Waals surface area contributed by atoms with Gasteiger partial charge in [-0.3, -0.25) is 0 Å². The van der Waals surface area contributed by atoms with E-state index in [1.54, 1.807) is 0 Å². The highest BCUT2D eigenvalue weighted by Crippen LogP contribution is 2.36. The Morgan fingerprint density at radius 1 is 0.571 bits per heavy atom. The van der Waals surface area contributed by atoms with Crippen LogP contribution >= 0.6 is 0 Å². The van der Waals surface area contributed by atoms with Crippen molar-refractivity contribution in [3.05, 3.63) is 0 Å². The summed E-state index contributed by atoms with van der Waals surface area (Å²) >= 11 is 0. The van der Waals surface area contributed by atoms with Gasteiger partial charge < -0.3 is 0 Å². The van der Waals surface area contributed by atoms with Gasteiger partial charge in [0.1, 0.15) is 0 Å². The largest absolute Gasteiger partial charge is 0.233 e. The lowest BCUT2D eigenvalue weighted by Crippen LogP contribution is -2.49. The summed E-state index contributed by atoms with van der Waals surface area (Å²) in [4.78, 5) is 21.3. The average Bonchev–Trinajstić information content (AvgIpc) is 2.29. The third-order valence-electron chi connectivity index (χ3n) is 2.85. The van der Waals surface area contributed by atoms with E-state index in [-0.39, 0.29) is 0 Å².